The second-order valence-electron chi connectivity index (χ2n) is 4.75. The maximum absolute atomic E-state index is 12.0. The predicted octanol–water partition coefficient (Wildman–Crippen LogP) is 1.39. The number of anilines is 1. The largest absolute Gasteiger partial charge is 0.497 e. The van der Waals surface area contributed by atoms with Crippen molar-refractivity contribution in [1.29, 1.82) is 0 Å². The van der Waals surface area contributed by atoms with Gasteiger partial charge in [0, 0.05) is 25.1 Å². The third kappa shape index (κ3) is 6.01. The molecule has 0 aliphatic rings. The highest BCUT2D eigenvalue weighted by atomic mass is 16.5. The molecule has 118 valence electrons. The van der Waals surface area contributed by atoms with E-state index < -0.39 is 0 Å². The maximum Gasteiger partial charge on any atom is 0.226 e. The summed E-state index contributed by atoms with van der Waals surface area (Å²) in [6, 6.07) is 5.28. The van der Waals surface area contributed by atoms with Gasteiger partial charge in [-0.2, -0.15) is 0 Å². The number of aliphatic hydroxyl groups is 1. The molecule has 0 aliphatic heterocycles. The van der Waals surface area contributed by atoms with E-state index in [-0.39, 0.29) is 18.6 Å². The second-order valence-corrected chi connectivity index (χ2v) is 4.75. The number of nitrogens with one attached hydrogen (secondary N) is 2. The third-order valence-electron chi connectivity index (χ3n) is 3.00. The lowest BCUT2D eigenvalue weighted by atomic mass is 10.2. The lowest BCUT2D eigenvalue weighted by Gasteiger charge is -2.15. The summed E-state index contributed by atoms with van der Waals surface area (Å²) in [5, 5.41) is 14.7. The number of hydrogen-bond acceptors (Lipinski definition) is 5. The summed E-state index contributed by atoms with van der Waals surface area (Å²) in [4.78, 5) is 12.0. The van der Waals surface area contributed by atoms with Crippen LogP contribution < -0.4 is 20.1 Å². The lowest BCUT2D eigenvalue weighted by molar-refractivity contribution is -0.116. The summed E-state index contributed by atoms with van der Waals surface area (Å²) >= 11 is 0. The van der Waals surface area contributed by atoms with Crippen LogP contribution in [0.3, 0.4) is 0 Å². The van der Waals surface area contributed by atoms with E-state index in [1.165, 1.54) is 0 Å². The molecule has 0 saturated carbocycles. The Bertz CT molecular complexity index is 451. The van der Waals surface area contributed by atoms with E-state index >= 15 is 0 Å². The lowest BCUT2D eigenvalue weighted by Crippen LogP contribution is -2.31. The maximum atomic E-state index is 12.0. The first-order valence-corrected chi connectivity index (χ1v) is 6.96. The first-order chi connectivity index (χ1) is 10.1. The van der Waals surface area contributed by atoms with Crippen LogP contribution in [-0.4, -0.2) is 44.4 Å². The molecule has 0 heterocycles. The van der Waals surface area contributed by atoms with E-state index in [1.807, 2.05) is 6.92 Å². The van der Waals surface area contributed by atoms with Gasteiger partial charge < -0.3 is 25.2 Å². The van der Waals surface area contributed by atoms with Gasteiger partial charge in [0.15, 0.2) is 0 Å². The summed E-state index contributed by atoms with van der Waals surface area (Å²) < 4.78 is 10.4. The van der Waals surface area contributed by atoms with Crippen LogP contribution in [0, 0.1) is 0 Å². The van der Waals surface area contributed by atoms with Crippen molar-refractivity contribution in [3.8, 4) is 11.5 Å². The van der Waals surface area contributed by atoms with Crippen molar-refractivity contribution in [2.45, 2.75) is 25.8 Å². The molecule has 1 rings (SSSR count). The number of carbonyl (C=O) groups excluding carboxylic acids is 1. The van der Waals surface area contributed by atoms with Crippen LogP contribution >= 0.6 is 0 Å². The molecule has 0 aromatic heterocycles. The Balaban J connectivity index is 2.57. The molecular weight excluding hydrogens is 272 g/mol. The van der Waals surface area contributed by atoms with Gasteiger partial charge in [-0.05, 0) is 32.0 Å². The fourth-order valence-corrected chi connectivity index (χ4v) is 1.89. The van der Waals surface area contributed by atoms with Gasteiger partial charge in [0.1, 0.15) is 11.5 Å². The molecule has 0 saturated heterocycles. The van der Waals surface area contributed by atoms with Gasteiger partial charge in [0.2, 0.25) is 5.91 Å². The van der Waals surface area contributed by atoms with Gasteiger partial charge in [-0.15, -0.1) is 0 Å². The highest BCUT2D eigenvalue weighted by molar-refractivity contribution is 5.92. The Morgan fingerprint density at radius 1 is 1.33 bits per heavy atom. The molecular formula is C15H24N2O4. The van der Waals surface area contributed by atoms with Crippen molar-refractivity contribution >= 4 is 11.6 Å². The Morgan fingerprint density at radius 2 is 2.10 bits per heavy atom. The van der Waals surface area contributed by atoms with Crippen LogP contribution in [-0.2, 0) is 4.79 Å². The Kier molecular flexibility index (Phi) is 7.56. The zero-order chi connectivity index (χ0) is 15.7. The molecule has 1 aromatic rings. The SMILES string of the molecule is COc1ccc(OC)c(NC(=O)CC(C)NCCCO)c1. The zero-order valence-electron chi connectivity index (χ0n) is 12.8. The van der Waals surface area contributed by atoms with Crippen LogP contribution in [0.2, 0.25) is 0 Å². The van der Waals surface area contributed by atoms with Crippen LogP contribution in [0.25, 0.3) is 0 Å². The average Bonchev–Trinajstić information content (AvgIpc) is 2.47. The number of hydrogen-bond donors (Lipinski definition) is 3. The molecule has 1 atom stereocenters. The Morgan fingerprint density at radius 3 is 2.71 bits per heavy atom. The summed E-state index contributed by atoms with van der Waals surface area (Å²) in [6.45, 7) is 2.76. The molecule has 0 fully saturated rings. The molecule has 6 nitrogen and oxygen atoms in total. The van der Waals surface area contributed by atoms with Crippen molar-refractivity contribution in [3.05, 3.63) is 18.2 Å². The summed E-state index contributed by atoms with van der Waals surface area (Å²) in [7, 11) is 3.12. The van der Waals surface area contributed by atoms with E-state index in [0.29, 0.717) is 36.6 Å². The summed E-state index contributed by atoms with van der Waals surface area (Å²) in [5.41, 5.74) is 0.587. The zero-order valence-corrected chi connectivity index (χ0v) is 12.8. The molecule has 0 spiro atoms. The van der Waals surface area contributed by atoms with Crippen LogP contribution in [0.15, 0.2) is 18.2 Å². The standard InChI is InChI=1S/C15H24N2O4/c1-11(16-7-4-8-18)9-15(19)17-13-10-12(20-2)5-6-14(13)21-3/h5-6,10-11,16,18H,4,7-9H2,1-3H3,(H,17,19). The average molecular weight is 296 g/mol. The number of aliphatic hydroxyl groups excluding tert-OH is 1. The van der Waals surface area contributed by atoms with Gasteiger partial charge in [-0.1, -0.05) is 0 Å². The first-order valence-electron chi connectivity index (χ1n) is 6.96. The van der Waals surface area contributed by atoms with Gasteiger partial charge in [0.05, 0.1) is 19.9 Å². The minimum Gasteiger partial charge on any atom is -0.497 e. The quantitative estimate of drug-likeness (QED) is 0.600. The number of methoxy groups -OCH3 is 2. The Hall–Kier alpha value is -1.79. The molecule has 1 aromatic carbocycles. The number of benzene rings is 1. The fourth-order valence-electron chi connectivity index (χ4n) is 1.89. The van der Waals surface area contributed by atoms with Crippen molar-refractivity contribution in [2.24, 2.45) is 0 Å². The van der Waals surface area contributed by atoms with Crippen molar-refractivity contribution in [2.75, 3.05) is 32.7 Å². The van der Waals surface area contributed by atoms with Crippen molar-refractivity contribution < 1.29 is 19.4 Å². The monoisotopic (exact) mass is 296 g/mol. The van der Waals surface area contributed by atoms with Gasteiger partial charge >= 0.3 is 0 Å². The number of rotatable bonds is 9. The van der Waals surface area contributed by atoms with Crippen LogP contribution in [0.1, 0.15) is 19.8 Å². The highest BCUT2D eigenvalue weighted by Crippen LogP contribution is 2.28. The summed E-state index contributed by atoms with van der Waals surface area (Å²) in [6.07, 6.45) is 1.02. The van der Waals surface area contributed by atoms with Crippen molar-refractivity contribution in [3.63, 3.8) is 0 Å². The molecule has 21 heavy (non-hydrogen) atoms. The van der Waals surface area contributed by atoms with E-state index in [9.17, 15) is 4.79 Å². The number of ether oxygens (including phenoxy) is 2. The molecule has 0 aliphatic carbocycles. The van der Waals surface area contributed by atoms with Crippen LogP contribution in [0.4, 0.5) is 5.69 Å². The molecule has 0 bridgehead atoms. The van der Waals surface area contributed by atoms with Gasteiger partial charge in [0.25, 0.3) is 0 Å². The minimum absolute atomic E-state index is 0.0353. The molecule has 6 heteroatoms. The smallest absolute Gasteiger partial charge is 0.226 e. The summed E-state index contributed by atoms with van der Waals surface area (Å²) in [5.74, 6) is 1.14. The van der Waals surface area contributed by atoms with E-state index in [0.717, 1.165) is 0 Å². The normalized spacial score (nSPS) is 11.8. The van der Waals surface area contributed by atoms with E-state index in [2.05, 4.69) is 10.6 Å². The highest BCUT2D eigenvalue weighted by Gasteiger charge is 2.12. The topological polar surface area (TPSA) is 79.8 Å². The minimum atomic E-state index is -0.106. The van der Waals surface area contributed by atoms with Gasteiger partial charge in [-0.3, -0.25) is 4.79 Å². The van der Waals surface area contributed by atoms with E-state index in [1.54, 1.807) is 32.4 Å². The van der Waals surface area contributed by atoms with Crippen LogP contribution in [0.5, 0.6) is 11.5 Å². The first kappa shape index (κ1) is 17.3. The molecule has 1 amide bonds. The molecule has 1 unspecified atom stereocenters. The molecule has 3 N–H and O–H groups in total. The third-order valence-corrected chi connectivity index (χ3v) is 3.00. The number of carbonyl (C=O) groups is 1. The van der Waals surface area contributed by atoms with Crippen molar-refractivity contribution in [1.82, 2.24) is 5.32 Å². The predicted molar refractivity (Wildman–Crippen MR) is 82.0 cm³/mol. The van der Waals surface area contributed by atoms with E-state index in [4.69, 9.17) is 14.6 Å². The van der Waals surface area contributed by atoms with Gasteiger partial charge in [-0.25, -0.2) is 0 Å². The fraction of sp³-hybridized carbons (Fsp3) is 0.533. The molecule has 0 radical (unpaired) electrons. The number of amides is 1. The second kappa shape index (κ2) is 9.20. The Labute approximate surface area is 125 Å².